The number of nitrogens with zero attached hydrogens (tertiary/aromatic N) is 3. The number of aromatic nitrogens is 2. The molecule has 1 aromatic carbocycles. The predicted octanol–water partition coefficient (Wildman–Crippen LogP) is 2.33. The molecule has 0 bridgehead atoms. The molecule has 3 rings (SSSR count). The van der Waals surface area contributed by atoms with Gasteiger partial charge in [0.05, 0.1) is 9.88 Å². The highest BCUT2D eigenvalue weighted by molar-refractivity contribution is 7.89. The van der Waals surface area contributed by atoms with Crippen molar-refractivity contribution in [2.75, 3.05) is 6.54 Å². The van der Waals surface area contributed by atoms with E-state index in [-0.39, 0.29) is 17.4 Å². The Hall–Kier alpha value is -1.46. The van der Waals surface area contributed by atoms with Gasteiger partial charge in [-0.2, -0.15) is 0 Å². The number of rotatable bonds is 4. The van der Waals surface area contributed by atoms with Crippen molar-refractivity contribution in [3.05, 3.63) is 43.0 Å². The van der Waals surface area contributed by atoms with Crippen LogP contribution in [-0.4, -0.2) is 45.9 Å². The number of hydrogen-bond acceptors (Lipinski definition) is 6. The lowest BCUT2D eigenvalue weighted by Crippen LogP contribution is -2.40. The van der Waals surface area contributed by atoms with Crippen LogP contribution in [0.3, 0.4) is 0 Å². The molecule has 2 atom stereocenters. The number of thiocarbonyl (C=S) groups is 1. The van der Waals surface area contributed by atoms with Crippen LogP contribution in [0, 0.1) is 5.92 Å². The maximum absolute atomic E-state index is 12.5. The Balaban J connectivity index is 1.68. The number of hydrogen-bond donors (Lipinski definition) is 2. The molecule has 1 fully saturated rings. The fourth-order valence-electron chi connectivity index (χ4n) is 2.58. The summed E-state index contributed by atoms with van der Waals surface area (Å²) in [4.78, 5) is 18.7. The molecule has 1 aliphatic heterocycles. The first-order valence-electron chi connectivity index (χ1n) is 7.58. The summed E-state index contributed by atoms with van der Waals surface area (Å²) in [5.41, 5.74) is -0.643. The third kappa shape index (κ3) is 3.94. The molecule has 1 saturated heterocycles. The van der Waals surface area contributed by atoms with Gasteiger partial charge in [0.2, 0.25) is 10.0 Å². The smallest absolute Gasteiger partial charge is 0.270 e. The molecule has 1 aliphatic rings. The topological polar surface area (TPSA) is 84.3 Å². The van der Waals surface area contributed by atoms with Crippen LogP contribution in [-0.2, 0) is 10.0 Å². The number of likely N-dealkylation sites (tertiary alicyclic amines) is 1. The van der Waals surface area contributed by atoms with Crippen LogP contribution in [0.4, 0.5) is 4.79 Å². The Morgan fingerprint density at radius 3 is 2.69 bits per heavy atom. The van der Waals surface area contributed by atoms with Gasteiger partial charge in [-0.3, -0.25) is 9.47 Å². The molecule has 26 heavy (non-hydrogen) atoms. The lowest BCUT2D eigenvalue weighted by atomic mass is 10.1. The third-order valence-corrected chi connectivity index (χ3v) is 6.58. The molecule has 1 unspecified atom stereocenters. The van der Waals surface area contributed by atoms with E-state index in [1.165, 1.54) is 40.3 Å². The van der Waals surface area contributed by atoms with Crippen LogP contribution in [0.2, 0.25) is 0 Å². The maximum atomic E-state index is 12.5. The SMILES string of the molecule is O=C(N1C(=S)C(CNS(=O)(=O)c2ccc(S)cc2)C[C@H]1Cl)n1ccnc1. The molecule has 0 spiro atoms. The Morgan fingerprint density at radius 2 is 2.08 bits per heavy atom. The minimum Gasteiger partial charge on any atom is -0.270 e. The van der Waals surface area contributed by atoms with E-state index >= 15 is 0 Å². The lowest BCUT2D eigenvalue weighted by Gasteiger charge is -2.20. The minimum absolute atomic E-state index is 0.0563. The first-order valence-corrected chi connectivity index (χ1v) is 10.4. The summed E-state index contributed by atoms with van der Waals surface area (Å²) in [6.07, 6.45) is 4.69. The zero-order chi connectivity index (χ0) is 18.9. The quantitative estimate of drug-likeness (QED) is 0.336. The summed E-state index contributed by atoms with van der Waals surface area (Å²) in [5, 5.41) is 0. The first-order chi connectivity index (χ1) is 12.3. The van der Waals surface area contributed by atoms with E-state index in [2.05, 4.69) is 22.3 Å². The molecule has 7 nitrogen and oxygen atoms in total. The molecule has 138 valence electrons. The van der Waals surface area contributed by atoms with Gasteiger partial charge in [0.25, 0.3) is 0 Å². The summed E-state index contributed by atoms with van der Waals surface area (Å²) in [6, 6.07) is 5.71. The predicted molar refractivity (Wildman–Crippen MR) is 104 cm³/mol. The van der Waals surface area contributed by atoms with Crippen molar-refractivity contribution in [3.8, 4) is 0 Å². The van der Waals surface area contributed by atoms with Crippen molar-refractivity contribution in [3.63, 3.8) is 0 Å². The molecule has 0 aliphatic carbocycles. The fraction of sp³-hybridized carbons (Fsp3) is 0.267. The Labute approximate surface area is 166 Å². The second kappa shape index (κ2) is 7.65. The number of nitrogens with one attached hydrogen (secondary N) is 1. The van der Waals surface area contributed by atoms with E-state index in [4.69, 9.17) is 23.8 Å². The van der Waals surface area contributed by atoms with Gasteiger partial charge in [-0.05, 0) is 30.7 Å². The number of imidazole rings is 1. The summed E-state index contributed by atoms with van der Waals surface area (Å²) in [7, 11) is -3.69. The molecular formula is C15H15ClN4O3S3. The van der Waals surface area contributed by atoms with Crippen molar-refractivity contribution < 1.29 is 13.2 Å². The Morgan fingerprint density at radius 1 is 1.38 bits per heavy atom. The zero-order valence-electron chi connectivity index (χ0n) is 13.3. The number of halogens is 1. The number of amides is 1. The number of sulfonamides is 1. The molecular weight excluding hydrogens is 416 g/mol. The summed E-state index contributed by atoms with van der Waals surface area (Å²) < 4.78 is 28.6. The zero-order valence-corrected chi connectivity index (χ0v) is 16.6. The van der Waals surface area contributed by atoms with Gasteiger partial charge in [-0.15, -0.1) is 12.6 Å². The second-order valence-electron chi connectivity index (χ2n) is 5.67. The Kier molecular flexibility index (Phi) is 5.68. The van der Waals surface area contributed by atoms with E-state index < -0.39 is 21.6 Å². The molecule has 1 N–H and O–H groups in total. The molecule has 11 heteroatoms. The molecule has 1 aromatic heterocycles. The average Bonchev–Trinajstić information content (AvgIpc) is 3.22. The van der Waals surface area contributed by atoms with Crippen LogP contribution < -0.4 is 4.72 Å². The third-order valence-electron chi connectivity index (χ3n) is 3.94. The van der Waals surface area contributed by atoms with Gasteiger partial charge in [-0.1, -0.05) is 23.8 Å². The van der Waals surface area contributed by atoms with Crippen molar-refractivity contribution in [1.82, 2.24) is 19.2 Å². The van der Waals surface area contributed by atoms with Gasteiger partial charge >= 0.3 is 6.03 Å². The Bertz CT molecular complexity index is 916. The van der Waals surface area contributed by atoms with E-state index in [0.29, 0.717) is 16.3 Å². The maximum Gasteiger partial charge on any atom is 0.335 e. The van der Waals surface area contributed by atoms with Gasteiger partial charge in [0.15, 0.2) is 0 Å². The highest BCUT2D eigenvalue weighted by atomic mass is 35.5. The summed E-state index contributed by atoms with van der Waals surface area (Å²) in [5.74, 6) is -0.362. The van der Waals surface area contributed by atoms with E-state index in [1.807, 2.05) is 0 Å². The van der Waals surface area contributed by atoms with E-state index in [1.54, 1.807) is 12.1 Å². The number of carbonyl (C=O) groups excluding carboxylic acids is 1. The lowest BCUT2D eigenvalue weighted by molar-refractivity contribution is 0.222. The van der Waals surface area contributed by atoms with Crippen molar-refractivity contribution in [1.29, 1.82) is 0 Å². The number of alkyl halides is 1. The summed E-state index contributed by atoms with van der Waals surface area (Å²) in [6.45, 7) is 0.0563. The average molecular weight is 431 g/mol. The van der Waals surface area contributed by atoms with Crippen LogP contribution >= 0.6 is 36.4 Å². The number of benzene rings is 1. The molecule has 2 heterocycles. The fourth-order valence-corrected chi connectivity index (χ4v) is 4.65. The van der Waals surface area contributed by atoms with Gasteiger partial charge in [-0.25, -0.2) is 22.9 Å². The van der Waals surface area contributed by atoms with Crippen molar-refractivity contribution >= 4 is 57.5 Å². The molecule has 1 amide bonds. The van der Waals surface area contributed by atoms with Crippen LogP contribution in [0.15, 0.2) is 52.8 Å². The van der Waals surface area contributed by atoms with Crippen LogP contribution in [0.5, 0.6) is 0 Å². The highest BCUT2D eigenvalue weighted by Gasteiger charge is 2.40. The summed E-state index contributed by atoms with van der Waals surface area (Å²) >= 11 is 15.8. The first kappa shape index (κ1) is 19.3. The van der Waals surface area contributed by atoms with Gasteiger partial charge < -0.3 is 0 Å². The van der Waals surface area contributed by atoms with Gasteiger partial charge in [0, 0.05) is 29.8 Å². The van der Waals surface area contributed by atoms with Crippen molar-refractivity contribution in [2.45, 2.75) is 21.7 Å². The minimum atomic E-state index is -3.69. The normalized spacial score (nSPS) is 20.5. The van der Waals surface area contributed by atoms with Crippen LogP contribution in [0.25, 0.3) is 0 Å². The van der Waals surface area contributed by atoms with Crippen LogP contribution in [0.1, 0.15) is 6.42 Å². The molecule has 0 saturated carbocycles. The highest BCUT2D eigenvalue weighted by Crippen LogP contribution is 2.29. The molecule has 0 radical (unpaired) electrons. The van der Waals surface area contributed by atoms with Gasteiger partial charge in [0.1, 0.15) is 11.8 Å². The number of carbonyl (C=O) groups is 1. The second-order valence-corrected chi connectivity index (χ2v) is 8.88. The van der Waals surface area contributed by atoms with E-state index in [0.717, 1.165) is 0 Å². The van der Waals surface area contributed by atoms with Crippen molar-refractivity contribution in [2.24, 2.45) is 5.92 Å². The van der Waals surface area contributed by atoms with E-state index in [9.17, 15) is 13.2 Å². The number of thiol groups is 1. The monoisotopic (exact) mass is 430 g/mol. The largest absolute Gasteiger partial charge is 0.335 e. The molecule has 2 aromatic rings. The standard InChI is InChI=1S/C15H15ClN4O3S3/c16-13-7-10(14(25)20(13)15(21)19-6-5-17-9-19)8-18-26(22,23)12-3-1-11(24)2-4-12/h1-6,9-10,13,18,24H,7-8H2/t10?,13-/m0/s1.